The van der Waals surface area contributed by atoms with Crippen LogP contribution in [0.15, 0.2) is 18.2 Å². The zero-order valence-corrected chi connectivity index (χ0v) is 13.7. The highest BCUT2D eigenvalue weighted by molar-refractivity contribution is 5.76. The maximum absolute atomic E-state index is 12.6. The van der Waals surface area contributed by atoms with Crippen molar-refractivity contribution in [2.75, 3.05) is 32.1 Å². The van der Waals surface area contributed by atoms with Crippen LogP contribution in [0, 0.1) is 5.92 Å². The van der Waals surface area contributed by atoms with E-state index in [1.807, 2.05) is 25.1 Å². The molecule has 1 aromatic carbocycles. The van der Waals surface area contributed by atoms with Gasteiger partial charge in [0.2, 0.25) is 5.91 Å². The summed E-state index contributed by atoms with van der Waals surface area (Å²) in [7, 11) is 4.06. The Balaban J connectivity index is 1.72. The SMILES string of the molecule is CN(C)c1ccc2c(c1)CN(C(=O)CC1CCCC1)CCO2. The van der Waals surface area contributed by atoms with Crippen LogP contribution in [0.4, 0.5) is 5.69 Å². The number of rotatable bonds is 3. The molecule has 0 aromatic heterocycles. The minimum absolute atomic E-state index is 0.290. The van der Waals surface area contributed by atoms with E-state index < -0.39 is 0 Å². The van der Waals surface area contributed by atoms with Crippen molar-refractivity contribution in [2.45, 2.75) is 38.6 Å². The van der Waals surface area contributed by atoms with Gasteiger partial charge in [0.25, 0.3) is 0 Å². The third-order valence-electron chi connectivity index (χ3n) is 4.83. The van der Waals surface area contributed by atoms with Crippen LogP contribution in [0.5, 0.6) is 5.75 Å². The molecule has 4 nitrogen and oxygen atoms in total. The van der Waals surface area contributed by atoms with E-state index in [4.69, 9.17) is 4.74 Å². The normalized spacial score (nSPS) is 18.5. The Bertz CT molecular complexity index is 536. The Kier molecular flexibility index (Phi) is 4.55. The van der Waals surface area contributed by atoms with E-state index >= 15 is 0 Å². The molecule has 1 amide bonds. The van der Waals surface area contributed by atoms with Gasteiger partial charge in [-0.05, 0) is 37.0 Å². The number of fused-ring (bicyclic) bond motifs is 1. The number of hydrogen-bond donors (Lipinski definition) is 0. The molecule has 22 heavy (non-hydrogen) atoms. The van der Waals surface area contributed by atoms with Crippen LogP contribution >= 0.6 is 0 Å². The maximum atomic E-state index is 12.6. The van der Waals surface area contributed by atoms with Gasteiger partial charge in [-0.15, -0.1) is 0 Å². The van der Waals surface area contributed by atoms with E-state index in [1.165, 1.54) is 25.7 Å². The molecular formula is C18H26N2O2. The van der Waals surface area contributed by atoms with Gasteiger partial charge < -0.3 is 14.5 Å². The highest BCUT2D eigenvalue weighted by Crippen LogP contribution is 2.30. The number of carbonyl (C=O) groups excluding carboxylic acids is 1. The number of ether oxygens (including phenoxy) is 1. The molecule has 0 unspecified atom stereocenters. The van der Waals surface area contributed by atoms with E-state index in [2.05, 4.69) is 17.0 Å². The molecule has 4 heteroatoms. The fraction of sp³-hybridized carbons (Fsp3) is 0.611. The van der Waals surface area contributed by atoms with Crippen molar-refractivity contribution in [1.82, 2.24) is 4.90 Å². The number of carbonyl (C=O) groups is 1. The van der Waals surface area contributed by atoms with Crippen molar-refractivity contribution in [3.8, 4) is 5.75 Å². The third-order valence-corrected chi connectivity index (χ3v) is 4.83. The van der Waals surface area contributed by atoms with Gasteiger partial charge in [-0.1, -0.05) is 12.8 Å². The second kappa shape index (κ2) is 6.59. The van der Waals surface area contributed by atoms with Gasteiger partial charge in [-0.25, -0.2) is 0 Å². The van der Waals surface area contributed by atoms with Crippen molar-refractivity contribution in [2.24, 2.45) is 5.92 Å². The first-order chi connectivity index (χ1) is 10.6. The van der Waals surface area contributed by atoms with Gasteiger partial charge in [0.15, 0.2) is 0 Å². The summed E-state index contributed by atoms with van der Waals surface area (Å²) in [4.78, 5) is 16.7. The summed E-state index contributed by atoms with van der Waals surface area (Å²) in [6, 6.07) is 6.22. The van der Waals surface area contributed by atoms with Crippen LogP contribution in [-0.4, -0.2) is 38.1 Å². The standard InChI is InChI=1S/C18H26N2O2/c1-19(2)16-7-8-17-15(12-16)13-20(9-10-22-17)18(21)11-14-5-3-4-6-14/h7-8,12,14H,3-6,9-11,13H2,1-2H3. The highest BCUT2D eigenvalue weighted by Gasteiger charge is 2.24. The molecule has 2 aliphatic rings. The second-order valence-electron chi connectivity index (χ2n) is 6.70. The molecule has 0 N–H and O–H groups in total. The summed E-state index contributed by atoms with van der Waals surface area (Å²) in [5.74, 6) is 1.81. The fourth-order valence-electron chi connectivity index (χ4n) is 3.46. The van der Waals surface area contributed by atoms with Crippen LogP contribution in [0.1, 0.15) is 37.7 Å². The molecule has 1 saturated carbocycles. The first-order valence-corrected chi connectivity index (χ1v) is 8.34. The Labute approximate surface area is 133 Å². The number of anilines is 1. The average Bonchev–Trinajstić information content (AvgIpc) is 2.90. The molecule has 0 saturated heterocycles. The third kappa shape index (κ3) is 3.37. The van der Waals surface area contributed by atoms with Crippen molar-refractivity contribution >= 4 is 11.6 Å². The second-order valence-corrected chi connectivity index (χ2v) is 6.70. The maximum Gasteiger partial charge on any atom is 0.223 e. The van der Waals surface area contributed by atoms with Crippen LogP contribution in [0.25, 0.3) is 0 Å². The van der Waals surface area contributed by atoms with E-state index in [0.717, 1.165) is 17.0 Å². The summed E-state index contributed by atoms with van der Waals surface area (Å²) in [5, 5.41) is 0. The van der Waals surface area contributed by atoms with Crippen molar-refractivity contribution in [1.29, 1.82) is 0 Å². The van der Waals surface area contributed by atoms with Crippen molar-refractivity contribution in [3.05, 3.63) is 23.8 Å². The number of hydrogen-bond acceptors (Lipinski definition) is 3. The lowest BCUT2D eigenvalue weighted by molar-refractivity contribution is -0.132. The fourth-order valence-corrected chi connectivity index (χ4v) is 3.46. The lowest BCUT2D eigenvalue weighted by atomic mass is 10.0. The van der Waals surface area contributed by atoms with Gasteiger partial charge in [-0.3, -0.25) is 4.79 Å². The zero-order chi connectivity index (χ0) is 15.5. The molecule has 0 radical (unpaired) electrons. The van der Waals surface area contributed by atoms with Crippen LogP contribution in [-0.2, 0) is 11.3 Å². The molecule has 1 aliphatic carbocycles. The molecule has 0 atom stereocenters. The molecule has 120 valence electrons. The van der Waals surface area contributed by atoms with Gasteiger partial charge in [0.05, 0.1) is 6.54 Å². The predicted octanol–water partition coefficient (Wildman–Crippen LogP) is 3.05. The van der Waals surface area contributed by atoms with Crippen LogP contribution in [0.2, 0.25) is 0 Å². The quantitative estimate of drug-likeness (QED) is 0.860. The molecule has 0 spiro atoms. The lowest BCUT2D eigenvalue weighted by Crippen LogP contribution is -2.33. The number of nitrogens with zero attached hydrogens (tertiary/aromatic N) is 2. The summed E-state index contributed by atoms with van der Waals surface area (Å²) >= 11 is 0. The van der Waals surface area contributed by atoms with Gasteiger partial charge in [0, 0.05) is 38.3 Å². The molecule has 3 rings (SSSR count). The average molecular weight is 302 g/mol. The number of amides is 1. The van der Waals surface area contributed by atoms with E-state index in [0.29, 0.717) is 37.9 Å². The predicted molar refractivity (Wildman–Crippen MR) is 88.3 cm³/mol. The summed E-state index contributed by atoms with van der Waals surface area (Å²) in [6.45, 7) is 1.95. The first-order valence-electron chi connectivity index (χ1n) is 8.34. The highest BCUT2D eigenvalue weighted by atomic mass is 16.5. The van der Waals surface area contributed by atoms with E-state index in [-0.39, 0.29) is 0 Å². The van der Waals surface area contributed by atoms with E-state index in [9.17, 15) is 4.79 Å². The smallest absolute Gasteiger partial charge is 0.223 e. The summed E-state index contributed by atoms with van der Waals surface area (Å²) < 4.78 is 5.82. The topological polar surface area (TPSA) is 32.8 Å². The lowest BCUT2D eigenvalue weighted by Gasteiger charge is -2.22. The van der Waals surface area contributed by atoms with Gasteiger partial charge >= 0.3 is 0 Å². The molecule has 0 bridgehead atoms. The molecule has 1 aromatic rings. The minimum Gasteiger partial charge on any atom is -0.491 e. The van der Waals surface area contributed by atoms with E-state index in [1.54, 1.807) is 0 Å². The van der Waals surface area contributed by atoms with Gasteiger partial charge in [-0.2, -0.15) is 0 Å². The Morgan fingerprint density at radius 1 is 1.32 bits per heavy atom. The monoisotopic (exact) mass is 302 g/mol. The Morgan fingerprint density at radius 2 is 2.09 bits per heavy atom. The summed E-state index contributed by atoms with van der Waals surface area (Å²) in [5.41, 5.74) is 2.26. The van der Waals surface area contributed by atoms with Crippen LogP contribution < -0.4 is 9.64 Å². The summed E-state index contributed by atoms with van der Waals surface area (Å²) in [6.07, 6.45) is 5.73. The van der Waals surface area contributed by atoms with Crippen molar-refractivity contribution < 1.29 is 9.53 Å². The first kappa shape index (κ1) is 15.2. The van der Waals surface area contributed by atoms with Crippen molar-refractivity contribution in [3.63, 3.8) is 0 Å². The van der Waals surface area contributed by atoms with Gasteiger partial charge in [0.1, 0.15) is 12.4 Å². The van der Waals surface area contributed by atoms with Crippen LogP contribution in [0.3, 0.4) is 0 Å². The molecule has 1 heterocycles. The minimum atomic E-state index is 0.290. The Hall–Kier alpha value is -1.71. The number of benzene rings is 1. The molecular weight excluding hydrogens is 276 g/mol. The Morgan fingerprint density at radius 3 is 2.82 bits per heavy atom. The largest absolute Gasteiger partial charge is 0.491 e. The zero-order valence-electron chi connectivity index (χ0n) is 13.7. The molecule has 1 aliphatic heterocycles. The molecule has 1 fully saturated rings.